The van der Waals surface area contributed by atoms with Crippen LogP contribution in [-0.4, -0.2) is 4.83 Å². The standard InChI is InChI=1S/C8H11BrS/c1-6(9)5-8-4-3-7(2)10-8/h3-4,6H,5H2,1-2H3. The quantitative estimate of drug-likeness (QED) is 0.669. The van der Waals surface area contributed by atoms with Crippen LogP contribution < -0.4 is 0 Å². The van der Waals surface area contributed by atoms with Crippen molar-refractivity contribution < 1.29 is 0 Å². The van der Waals surface area contributed by atoms with Gasteiger partial charge in [0.1, 0.15) is 0 Å². The van der Waals surface area contributed by atoms with Crippen molar-refractivity contribution >= 4 is 27.3 Å². The van der Waals surface area contributed by atoms with Crippen molar-refractivity contribution in [1.29, 1.82) is 0 Å². The Morgan fingerprint density at radius 2 is 2.30 bits per heavy atom. The first-order chi connectivity index (χ1) is 4.68. The van der Waals surface area contributed by atoms with E-state index in [1.54, 1.807) is 0 Å². The molecule has 0 aliphatic rings. The summed E-state index contributed by atoms with van der Waals surface area (Å²) >= 11 is 5.41. The molecule has 0 bridgehead atoms. The first-order valence-electron chi connectivity index (χ1n) is 3.38. The number of thiophene rings is 1. The van der Waals surface area contributed by atoms with Gasteiger partial charge in [-0.15, -0.1) is 11.3 Å². The minimum atomic E-state index is 0.602. The van der Waals surface area contributed by atoms with E-state index in [0.29, 0.717) is 4.83 Å². The molecule has 2 heteroatoms. The molecule has 0 aliphatic carbocycles. The van der Waals surface area contributed by atoms with E-state index >= 15 is 0 Å². The second-order valence-corrected chi connectivity index (χ2v) is 5.43. The molecule has 0 nitrogen and oxygen atoms in total. The fourth-order valence-electron chi connectivity index (χ4n) is 0.872. The topological polar surface area (TPSA) is 0 Å². The van der Waals surface area contributed by atoms with Crippen LogP contribution in [-0.2, 0) is 6.42 Å². The Balaban J connectivity index is 2.58. The lowest BCUT2D eigenvalue weighted by Gasteiger charge is -1.97. The van der Waals surface area contributed by atoms with Gasteiger partial charge in [0.2, 0.25) is 0 Å². The second kappa shape index (κ2) is 3.54. The molecule has 10 heavy (non-hydrogen) atoms. The molecule has 0 amide bonds. The van der Waals surface area contributed by atoms with Crippen LogP contribution in [0, 0.1) is 6.92 Å². The molecule has 0 spiro atoms. The zero-order chi connectivity index (χ0) is 7.56. The van der Waals surface area contributed by atoms with Crippen LogP contribution in [0.25, 0.3) is 0 Å². The number of rotatable bonds is 2. The lowest BCUT2D eigenvalue weighted by atomic mass is 10.3. The van der Waals surface area contributed by atoms with Gasteiger partial charge in [-0.1, -0.05) is 22.9 Å². The van der Waals surface area contributed by atoms with E-state index < -0.39 is 0 Å². The van der Waals surface area contributed by atoms with E-state index in [9.17, 15) is 0 Å². The molecule has 0 saturated heterocycles. The lowest BCUT2D eigenvalue weighted by molar-refractivity contribution is 0.980. The monoisotopic (exact) mass is 218 g/mol. The first-order valence-corrected chi connectivity index (χ1v) is 5.11. The van der Waals surface area contributed by atoms with Gasteiger partial charge in [0.25, 0.3) is 0 Å². The molecule has 0 aliphatic heterocycles. The van der Waals surface area contributed by atoms with Crippen LogP contribution in [0.2, 0.25) is 0 Å². The summed E-state index contributed by atoms with van der Waals surface area (Å²) < 4.78 is 0. The molecule has 0 N–H and O–H groups in total. The Bertz CT molecular complexity index is 203. The number of halogens is 1. The van der Waals surface area contributed by atoms with Crippen molar-refractivity contribution in [2.75, 3.05) is 0 Å². The molecular formula is C8H11BrS. The maximum Gasteiger partial charge on any atom is 0.0165 e. The van der Waals surface area contributed by atoms with Crippen molar-refractivity contribution in [2.45, 2.75) is 25.1 Å². The number of aryl methyl sites for hydroxylation is 1. The van der Waals surface area contributed by atoms with Gasteiger partial charge in [0.05, 0.1) is 0 Å². The third kappa shape index (κ3) is 2.43. The summed E-state index contributed by atoms with van der Waals surface area (Å²) in [6, 6.07) is 4.38. The summed E-state index contributed by atoms with van der Waals surface area (Å²) in [4.78, 5) is 3.48. The highest BCUT2D eigenvalue weighted by atomic mass is 79.9. The number of hydrogen-bond donors (Lipinski definition) is 0. The Hall–Kier alpha value is 0.180. The van der Waals surface area contributed by atoms with Crippen LogP contribution in [0.4, 0.5) is 0 Å². The van der Waals surface area contributed by atoms with Gasteiger partial charge < -0.3 is 0 Å². The highest BCUT2D eigenvalue weighted by molar-refractivity contribution is 9.09. The summed E-state index contributed by atoms with van der Waals surface area (Å²) in [5, 5.41) is 0. The molecule has 56 valence electrons. The van der Waals surface area contributed by atoms with Crippen LogP contribution in [0.15, 0.2) is 12.1 Å². The van der Waals surface area contributed by atoms with Gasteiger partial charge >= 0.3 is 0 Å². The third-order valence-electron chi connectivity index (χ3n) is 1.28. The summed E-state index contributed by atoms with van der Waals surface area (Å²) in [5.41, 5.74) is 0. The minimum absolute atomic E-state index is 0.602. The third-order valence-corrected chi connectivity index (χ3v) is 2.63. The molecular weight excluding hydrogens is 208 g/mol. The van der Waals surface area contributed by atoms with Crippen molar-refractivity contribution in [3.8, 4) is 0 Å². The van der Waals surface area contributed by atoms with E-state index in [4.69, 9.17) is 0 Å². The summed E-state index contributed by atoms with van der Waals surface area (Å²) in [6.07, 6.45) is 1.15. The van der Waals surface area contributed by atoms with Gasteiger partial charge in [0.15, 0.2) is 0 Å². The predicted molar refractivity (Wildman–Crippen MR) is 51.1 cm³/mol. The lowest BCUT2D eigenvalue weighted by Crippen LogP contribution is -1.92. The van der Waals surface area contributed by atoms with Crippen molar-refractivity contribution in [3.05, 3.63) is 21.9 Å². The molecule has 1 aromatic rings. The van der Waals surface area contributed by atoms with Gasteiger partial charge in [-0.25, -0.2) is 0 Å². The predicted octanol–water partition coefficient (Wildman–Crippen LogP) is 3.38. The number of alkyl halides is 1. The Labute approximate surface area is 74.4 Å². The molecule has 0 saturated carbocycles. The Morgan fingerprint density at radius 3 is 2.70 bits per heavy atom. The van der Waals surface area contributed by atoms with Crippen LogP contribution in [0.1, 0.15) is 16.7 Å². The van der Waals surface area contributed by atoms with Crippen LogP contribution >= 0.6 is 27.3 Å². The Kier molecular flexibility index (Phi) is 2.93. The van der Waals surface area contributed by atoms with Crippen molar-refractivity contribution in [2.24, 2.45) is 0 Å². The SMILES string of the molecule is Cc1ccc(CC(C)Br)s1. The molecule has 0 aromatic carbocycles. The molecule has 1 atom stereocenters. The maximum absolute atomic E-state index is 3.53. The van der Waals surface area contributed by atoms with Crippen molar-refractivity contribution in [3.63, 3.8) is 0 Å². The molecule has 1 rings (SSSR count). The van der Waals surface area contributed by atoms with E-state index in [0.717, 1.165) is 6.42 Å². The van der Waals surface area contributed by atoms with Crippen LogP contribution in [0.3, 0.4) is 0 Å². The zero-order valence-corrected chi connectivity index (χ0v) is 8.63. The van der Waals surface area contributed by atoms with Gasteiger partial charge in [0, 0.05) is 14.6 Å². The average Bonchev–Trinajstić information content (AvgIpc) is 2.13. The van der Waals surface area contributed by atoms with Crippen molar-refractivity contribution in [1.82, 2.24) is 0 Å². The Morgan fingerprint density at radius 1 is 1.60 bits per heavy atom. The fourth-order valence-corrected chi connectivity index (χ4v) is 2.45. The molecule has 1 aromatic heterocycles. The first kappa shape index (κ1) is 8.28. The minimum Gasteiger partial charge on any atom is -0.146 e. The highest BCUT2D eigenvalue weighted by Crippen LogP contribution is 2.18. The normalized spacial score (nSPS) is 13.5. The van der Waals surface area contributed by atoms with Gasteiger partial charge in [-0.3, -0.25) is 0 Å². The summed E-state index contributed by atoms with van der Waals surface area (Å²) in [6.45, 7) is 4.32. The van der Waals surface area contributed by atoms with Gasteiger partial charge in [-0.05, 0) is 25.5 Å². The fraction of sp³-hybridized carbons (Fsp3) is 0.500. The van der Waals surface area contributed by atoms with E-state index in [-0.39, 0.29) is 0 Å². The van der Waals surface area contributed by atoms with E-state index in [1.807, 2.05) is 11.3 Å². The van der Waals surface area contributed by atoms with E-state index in [2.05, 4.69) is 41.9 Å². The summed E-state index contributed by atoms with van der Waals surface area (Å²) in [7, 11) is 0. The van der Waals surface area contributed by atoms with Crippen LogP contribution in [0.5, 0.6) is 0 Å². The zero-order valence-electron chi connectivity index (χ0n) is 6.23. The maximum atomic E-state index is 3.53. The largest absolute Gasteiger partial charge is 0.146 e. The molecule has 0 radical (unpaired) electrons. The smallest absolute Gasteiger partial charge is 0.0165 e. The highest BCUT2D eigenvalue weighted by Gasteiger charge is 1.99. The molecule has 1 heterocycles. The molecule has 1 unspecified atom stereocenters. The molecule has 0 fully saturated rings. The second-order valence-electron chi connectivity index (χ2n) is 2.50. The van der Waals surface area contributed by atoms with E-state index in [1.165, 1.54) is 9.75 Å². The van der Waals surface area contributed by atoms with Gasteiger partial charge in [-0.2, -0.15) is 0 Å². The number of hydrogen-bond acceptors (Lipinski definition) is 1. The average molecular weight is 219 g/mol. The summed E-state index contributed by atoms with van der Waals surface area (Å²) in [5.74, 6) is 0.